The zero-order chi connectivity index (χ0) is 21.1. The maximum atomic E-state index is 13.3. The number of methoxy groups -OCH3 is 4. The van der Waals surface area contributed by atoms with Crippen LogP contribution >= 0.6 is 0 Å². The van der Waals surface area contributed by atoms with Crippen LogP contribution in [0.5, 0.6) is 28.7 Å². The summed E-state index contributed by atoms with van der Waals surface area (Å²) >= 11 is 0. The minimum Gasteiger partial charge on any atom is -0.496 e. The summed E-state index contributed by atoms with van der Waals surface area (Å²) in [5.74, 6) is 1.34. The van der Waals surface area contributed by atoms with Gasteiger partial charge in [0, 0.05) is 6.07 Å². The second-order valence-electron chi connectivity index (χ2n) is 6.69. The van der Waals surface area contributed by atoms with Crippen LogP contribution in [0.3, 0.4) is 0 Å². The number of hydrogen-bond donors (Lipinski definition) is 0. The fourth-order valence-electron chi connectivity index (χ4n) is 3.54. The van der Waals surface area contributed by atoms with Gasteiger partial charge in [-0.3, -0.25) is 9.59 Å². The molecule has 0 saturated heterocycles. The molecule has 0 N–H and O–H groups in total. The van der Waals surface area contributed by atoms with Crippen LogP contribution < -0.4 is 23.7 Å². The van der Waals surface area contributed by atoms with Crippen molar-refractivity contribution in [3.05, 3.63) is 41.0 Å². The molecule has 0 amide bonds. The number of Topliss-reactive ketones (excluding diaryl/α,β-unsaturated/α-hetero) is 2. The Hall–Kier alpha value is -3.22. The molecule has 2 aromatic carbocycles. The molecule has 0 saturated carbocycles. The average molecular weight is 400 g/mol. The topological polar surface area (TPSA) is 80.3 Å². The van der Waals surface area contributed by atoms with E-state index in [1.807, 2.05) is 6.07 Å². The molecule has 7 heteroatoms. The zero-order valence-electron chi connectivity index (χ0n) is 17.2. The quantitative estimate of drug-likeness (QED) is 0.659. The third kappa shape index (κ3) is 3.72. The van der Waals surface area contributed by atoms with Crippen LogP contribution in [0.2, 0.25) is 0 Å². The van der Waals surface area contributed by atoms with E-state index in [1.165, 1.54) is 35.4 Å². The fraction of sp³-hybridized carbons (Fsp3) is 0.364. The van der Waals surface area contributed by atoms with Gasteiger partial charge in [0.2, 0.25) is 5.75 Å². The van der Waals surface area contributed by atoms with Crippen LogP contribution in [-0.4, -0.2) is 46.6 Å². The first kappa shape index (κ1) is 20.5. The molecule has 1 aliphatic rings. The monoisotopic (exact) mass is 400 g/mol. The van der Waals surface area contributed by atoms with Crippen LogP contribution in [0.1, 0.15) is 33.2 Å². The van der Waals surface area contributed by atoms with Crippen molar-refractivity contribution in [2.75, 3.05) is 35.0 Å². The number of carbonyl (C=O) groups excluding carboxylic acids is 2. The molecule has 1 aliphatic heterocycles. The number of fused-ring (bicyclic) bond motifs is 1. The van der Waals surface area contributed by atoms with E-state index in [0.29, 0.717) is 40.5 Å². The van der Waals surface area contributed by atoms with Gasteiger partial charge < -0.3 is 23.7 Å². The summed E-state index contributed by atoms with van der Waals surface area (Å²) < 4.78 is 27.3. The smallest absolute Gasteiger partial charge is 0.204 e. The molecule has 0 bridgehead atoms. The zero-order valence-corrected chi connectivity index (χ0v) is 17.2. The van der Waals surface area contributed by atoms with E-state index in [0.717, 1.165) is 5.56 Å². The van der Waals surface area contributed by atoms with E-state index < -0.39 is 5.92 Å². The molecule has 0 fully saturated rings. The molecule has 29 heavy (non-hydrogen) atoms. The molecular formula is C22H24O7. The van der Waals surface area contributed by atoms with E-state index in [2.05, 4.69) is 0 Å². The maximum Gasteiger partial charge on any atom is 0.204 e. The Balaban J connectivity index is 1.96. The summed E-state index contributed by atoms with van der Waals surface area (Å²) in [6, 6.07) is 6.98. The summed E-state index contributed by atoms with van der Waals surface area (Å²) in [6.07, 6.45) is 0.417. The molecule has 1 unspecified atom stereocenters. The van der Waals surface area contributed by atoms with Crippen LogP contribution in [0, 0.1) is 5.92 Å². The molecule has 1 atom stereocenters. The number of ketones is 2. The minimum atomic E-state index is -0.428. The standard InChI is InChI=1S/C22H24O7/c1-12(23)15-9-13(6-7-16(15)25-2)8-14-11-29-17-10-18(26-3)21(27-4)22(28-5)19(17)20(14)24/h6-7,9-10,14H,8,11H2,1-5H3. The maximum absolute atomic E-state index is 13.3. The second kappa shape index (κ2) is 8.43. The van der Waals surface area contributed by atoms with Crippen molar-refractivity contribution in [2.45, 2.75) is 13.3 Å². The molecule has 2 aromatic rings. The highest BCUT2D eigenvalue weighted by Crippen LogP contribution is 2.47. The Kier molecular flexibility index (Phi) is 5.96. The van der Waals surface area contributed by atoms with Crippen molar-refractivity contribution < 1.29 is 33.3 Å². The van der Waals surface area contributed by atoms with Crippen LogP contribution in [0.25, 0.3) is 0 Å². The fourth-order valence-corrected chi connectivity index (χ4v) is 3.54. The Labute approximate surface area is 169 Å². The Bertz CT molecular complexity index is 949. The molecule has 0 aromatic heterocycles. The van der Waals surface area contributed by atoms with Crippen molar-refractivity contribution in [2.24, 2.45) is 5.92 Å². The van der Waals surface area contributed by atoms with Crippen molar-refractivity contribution in [1.82, 2.24) is 0 Å². The van der Waals surface area contributed by atoms with E-state index in [-0.39, 0.29) is 23.9 Å². The summed E-state index contributed by atoms with van der Waals surface area (Å²) in [4.78, 5) is 25.2. The summed E-state index contributed by atoms with van der Waals surface area (Å²) in [6.45, 7) is 1.70. The van der Waals surface area contributed by atoms with Crippen LogP contribution in [-0.2, 0) is 6.42 Å². The van der Waals surface area contributed by atoms with Gasteiger partial charge in [-0.15, -0.1) is 0 Å². The van der Waals surface area contributed by atoms with Crippen molar-refractivity contribution >= 4 is 11.6 Å². The van der Waals surface area contributed by atoms with Gasteiger partial charge in [-0.1, -0.05) is 6.07 Å². The predicted octanol–water partition coefficient (Wildman–Crippen LogP) is 3.36. The molecule has 7 nitrogen and oxygen atoms in total. The van der Waals surface area contributed by atoms with E-state index in [4.69, 9.17) is 23.7 Å². The molecule has 154 valence electrons. The van der Waals surface area contributed by atoms with Gasteiger partial charge in [0.25, 0.3) is 0 Å². The number of hydrogen-bond acceptors (Lipinski definition) is 7. The molecule has 1 heterocycles. The van der Waals surface area contributed by atoms with Gasteiger partial charge >= 0.3 is 0 Å². The summed E-state index contributed by atoms with van der Waals surface area (Å²) in [5, 5.41) is 0. The minimum absolute atomic E-state index is 0.0984. The molecule has 3 rings (SSSR count). The van der Waals surface area contributed by atoms with Gasteiger partial charge in [0.05, 0.1) is 46.5 Å². The normalized spacial score (nSPS) is 15.2. The number of ether oxygens (including phenoxy) is 5. The average Bonchev–Trinajstić information content (AvgIpc) is 2.73. The van der Waals surface area contributed by atoms with Gasteiger partial charge in [-0.05, 0) is 31.0 Å². The second-order valence-corrected chi connectivity index (χ2v) is 6.69. The number of benzene rings is 2. The number of rotatable bonds is 7. The Morgan fingerprint density at radius 1 is 1.00 bits per heavy atom. The molecular weight excluding hydrogens is 376 g/mol. The number of carbonyl (C=O) groups is 2. The Morgan fingerprint density at radius 3 is 2.28 bits per heavy atom. The first-order valence-corrected chi connectivity index (χ1v) is 9.12. The molecule has 0 spiro atoms. The lowest BCUT2D eigenvalue weighted by atomic mass is 9.88. The van der Waals surface area contributed by atoms with Crippen molar-refractivity contribution in [3.8, 4) is 28.7 Å². The highest BCUT2D eigenvalue weighted by Gasteiger charge is 2.35. The van der Waals surface area contributed by atoms with Gasteiger partial charge in [0.1, 0.15) is 17.1 Å². The highest BCUT2D eigenvalue weighted by atomic mass is 16.5. The first-order valence-electron chi connectivity index (χ1n) is 9.12. The van der Waals surface area contributed by atoms with Crippen LogP contribution in [0.4, 0.5) is 0 Å². The molecule has 0 radical (unpaired) electrons. The SMILES string of the molecule is COc1ccc(CC2COc3cc(OC)c(OC)c(OC)c3C2=O)cc1C(C)=O. The largest absolute Gasteiger partial charge is 0.496 e. The van der Waals surface area contributed by atoms with Crippen LogP contribution in [0.15, 0.2) is 24.3 Å². The van der Waals surface area contributed by atoms with Gasteiger partial charge in [0.15, 0.2) is 23.1 Å². The third-order valence-corrected chi connectivity index (χ3v) is 4.98. The van der Waals surface area contributed by atoms with E-state index in [1.54, 1.807) is 18.2 Å². The van der Waals surface area contributed by atoms with E-state index >= 15 is 0 Å². The van der Waals surface area contributed by atoms with Crippen molar-refractivity contribution in [3.63, 3.8) is 0 Å². The summed E-state index contributed by atoms with van der Waals surface area (Å²) in [5.41, 5.74) is 1.67. The predicted molar refractivity (Wildman–Crippen MR) is 106 cm³/mol. The van der Waals surface area contributed by atoms with Gasteiger partial charge in [-0.2, -0.15) is 0 Å². The highest BCUT2D eigenvalue weighted by molar-refractivity contribution is 6.05. The third-order valence-electron chi connectivity index (χ3n) is 4.98. The van der Waals surface area contributed by atoms with E-state index in [9.17, 15) is 9.59 Å². The lowest BCUT2D eigenvalue weighted by Crippen LogP contribution is -2.30. The van der Waals surface area contributed by atoms with Gasteiger partial charge in [-0.25, -0.2) is 0 Å². The summed E-state index contributed by atoms with van der Waals surface area (Å²) in [7, 11) is 5.98. The van der Waals surface area contributed by atoms with Crippen molar-refractivity contribution in [1.29, 1.82) is 0 Å². The first-order chi connectivity index (χ1) is 13.9. The molecule has 0 aliphatic carbocycles. The lowest BCUT2D eigenvalue weighted by Gasteiger charge is -2.27. The Morgan fingerprint density at radius 2 is 1.69 bits per heavy atom. The lowest BCUT2D eigenvalue weighted by molar-refractivity contribution is 0.0823.